The van der Waals surface area contributed by atoms with Crippen molar-refractivity contribution in [2.24, 2.45) is 17.4 Å². The lowest BCUT2D eigenvalue weighted by molar-refractivity contribution is 0.182. The van der Waals surface area contributed by atoms with Gasteiger partial charge in [-0.15, -0.1) is 0 Å². The van der Waals surface area contributed by atoms with Gasteiger partial charge in [0.1, 0.15) is 0 Å². The number of hydrogen-bond donors (Lipinski definition) is 2. The van der Waals surface area contributed by atoms with Gasteiger partial charge in [0.05, 0.1) is 0 Å². The Hall–Kier alpha value is 0.0569. The maximum Gasteiger partial charge on any atom is 0.335 e. The topological polar surface area (TPSA) is 70.5 Å². The second-order valence-electron chi connectivity index (χ2n) is 4.06. The van der Waals surface area contributed by atoms with Gasteiger partial charge in [0.25, 0.3) is 0 Å². The van der Waals surface area contributed by atoms with Gasteiger partial charge in [0.15, 0.2) is 0 Å². The average molecular weight is 234 g/mol. The zero-order chi connectivity index (χ0) is 11.9. The minimum absolute atomic E-state index is 0.0998. The first-order chi connectivity index (χ1) is 6.99. The van der Waals surface area contributed by atoms with E-state index in [2.05, 4.69) is 6.55 Å². The van der Waals surface area contributed by atoms with E-state index in [4.69, 9.17) is 20.3 Å². The summed E-state index contributed by atoms with van der Waals surface area (Å²) in [6, 6.07) is 0.978. The molecule has 2 unspecified atom stereocenters. The molecule has 0 rings (SSSR count). The third kappa shape index (κ3) is 5.63. The van der Waals surface area contributed by atoms with Crippen LogP contribution in [-0.2, 0) is 8.85 Å². The smallest absolute Gasteiger partial charge is 0.335 e. The van der Waals surface area contributed by atoms with Crippen LogP contribution in [0.1, 0.15) is 20.8 Å². The van der Waals surface area contributed by atoms with Gasteiger partial charge in [-0.05, 0) is 45.8 Å². The molecular formula is C10H26N2O2Si. The van der Waals surface area contributed by atoms with Crippen molar-refractivity contribution in [3.05, 3.63) is 0 Å². The third-order valence-electron chi connectivity index (χ3n) is 2.58. The van der Waals surface area contributed by atoms with Crippen LogP contribution >= 0.6 is 0 Å². The van der Waals surface area contributed by atoms with Gasteiger partial charge in [-0.1, -0.05) is 0 Å². The van der Waals surface area contributed by atoms with Crippen LogP contribution < -0.4 is 11.5 Å². The fraction of sp³-hybridized carbons (Fsp3) is 1.00. The van der Waals surface area contributed by atoms with E-state index in [1.54, 1.807) is 0 Å². The molecule has 0 aliphatic rings. The molecule has 0 aromatic carbocycles. The van der Waals surface area contributed by atoms with E-state index in [9.17, 15) is 0 Å². The molecule has 0 aromatic heterocycles. The standard InChI is InChI=1S/C10H26N2O2Si/c1-5-13-15(4,14-6-2)8-10(7-11)9(3)12/h9-10H,5-8,11-12H2,1-4H3. The van der Waals surface area contributed by atoms with Crippen molar-refractivity contribution < 1.29 is 8.85 Å². The highest BCUT2D eigenvalue weighted by atomic mass is 28.4. The van der Waals surface area contributed by atoms with Crippen LogP contribution in [0.15, 0.2) is 0 Å². The average Bonchev–Trinajstić information content (AvgIpc) is 2.14. The van der Waals surface area contributed by atoms with E-state index in [-0.39, 0.29) is 6.04 Å². The van der Waals surface area contributed by atoms with Crippen LogP contribution in [0.5, 0.6) is 0 Å². The molecule has 92 valence electrons. The Balaban J connectivity index is 4.36. The van der Waals surface area contributed by atoms with Crippen molar-refractivity contribution in [1.29, 1.82) is 0 Å². The zero-order valence-electron chi connectivity index (χ0n) is 10.5. The van der Waals surface area contributed by atoms with Crippen molar-refractivity contribution >= 4 is 8.56 Å². The van der Waals surface area contributed by atoms with Gasteiger partial charge in [0, 0.05) is 19.3 Å². The van der Waals surface area contributed by atoms with Crippen LogP contribution in [-0.4, -0.2) is 34.4 Å². The Morgan fingerprint density at radius 2 is 1.67 bits per heavy atom. The normalized spacial score (nSPS) is 16.4. The van der Waals surface area contributed by atoms with Crippen molar-refractivity contribution in [3.8, 4) is 0 Å². The second kappa shape index (κ2) is 7.35. The molecule has 5 heteroatoms. The molecule has 0 amide bonds. The molecule has 0 aliphatic heterocycles. The minimum Gasteiger partial charge on any atom is -0.395 e. The SMILES string of the molecule is CCO[Si](C)(CC(CN)C(C)N)OCC. The summed E-state index contributed by atoms with van der Waals surface area (Å²) < 4.78 is 11.5. The highest BCUT2D eigenvalue weighted by molar-refractivity contribution is 6.66. The van der Waals surface area contributed by atoms with Crippen molar-refractivity contribution in [1.82, 2.24) is 0 Å². The van der Waals surface area contributed by atoms with E-state index < -0.39 is 8.56 Å². The van der Waals surface area contributed by atoms with Gasteiger partial charge < -0.3 is 20.3 Å². The van der Waals surface area contributed by atoms with Gasteiger partial charge in [-0.3, -0.25) is 0 Å². The molecule has 0 aromatic rings. The molecule has 0 heterocycles. The van der Waals surface area contributed by atoms with E-state index in [1.165, 1.54) is 0 Å². The summed E-state index contributed by atoms with van der Waals surface area (Å²) in [5, 5.41) is 0. The van der Waals surface area contributed by atoms with Crippen molar-refractivity contribution in [3.63, 3.8) is 0 Å². The molecule has 0 fully saturated rings. The predicted octanol–water partition coefficient (Wildman–Crippen LogP) is 1.05. The van der Waals surface area contributed by atoms with Crippen molar-refractivity contribution in [2.45, 2.75) is 39.4 Å². The van der Waals surface area contributed by atoms with E-state index in [0.717, 1.165) is 6.04 Å². The highest BCUT2D eigenvalue weighted by Gasteiger charge is 2.34. The molecule has 0 bridgehead atoms. The Bertz CT molecular complexity index is 162. The van der Waals surface area contributed by atoms with Crippen molar-refractivity contribution in [2.75, 3.05) is 19.8 Å². The van der Waals surface area contributed by atoms with Gasteiger partial charge in [-0.25, -0.2) is 0 Å². The maximum atomic E-state index is 5.88. The summed E-state index contributed by atoms with van der Waals surface area (Å²) in [6.45, 7) is 10.1. The molecule has 0 spiro atoms. The lowest BCUT2D eigenvalue weighted by atomic mass is 10.1. The summed E-state index contributed by atoms with van der Waals surface area (Å²) in [5.41, 5.74) is 11.6. The molecule has 4 nitrogen and oxygen atoms in total. The second-order valence-corrected chi connectivity index (χ2v) is 7.31. The first kappa shape index (κ1) is 15.1. The van der Waals surface area contributed by atoms with E-state index >= 15 is 0 Å². The molecule has 0 radical (unpaired) electrons. The van der Waals surface area contributed by atoms with Crippen LogP contribution in [0.4, 0.5) is 0 Å². The Kier molecular flexibility index (Phi) is 7.38. The van der Waals surface area contributed by atoms with Crippen LogP contribution in [0.25, 0.3) is 0 Å². The van der Waals surface area contributed by atoms with E-state index in [0.29, 0.717) is 25.7 Å². The lowest BCUT2D eigenvalue weighted by Gasteiger charge is -2.31. The number of rotatable bonds is 8. The predicted molar refractivity (Wildman–Crippen MR) is 65.9 cm³/mol. The molecule has 4 N–H and O–H groups in total. The molecular weight excluding hydrogens is 208 g/mol. The minimum atomic E-state index is -2.06. The quantitative estimate of drug-likeness (QED) is 0.616. The highest BCUT2D eigenvalue weighted by Crippen LogP contribution is 2.21. The van der Waals surface area contributed by atoms with Gasteiger partial charge in [0.2, 0.25) is 0 Å². The van der Waals surface area contributed by atoms with Crippen LogP contribution in [0.3, 0.4) is 0 Å². The Morgan fingerprint density at radius 1 is 1.20 bits per heavy atom. The number of hydrogen-bond acceptors (Lipinski definition) is 4. The summed E-state index contributed by atoms with van der Waals surface area (Å²) in [7, 11) is -2.06. The Labute approximate surface area is 94.6 Å². The first-order valence-corrected chi connectivity index (χ1v) is 8.25. The fourth-order valence-electron chi connectivity index (χ4n) is 1.73. The van der Waals surface area contributed by atoms with Gasteiger partial charge >= 0.3 is 8.56 Å². The summed E-state index contributed by atoms with van der Waals surface area (Å²) >= 11 is 0. The summed E-state index contributed by atoms with van der Waals surface area (Å²) in [6.07, 6.45) is 0. The first-order valence-electron chi connectivity index (χ1n) is 5.72. The summed E-state index contributed by atoms with van der Waals surface area (Å²) in [5.74, 6) is 0.291. The van der Waals surface area contributed by atoms with Crippen LogP contribution in [0, 0.1) is 5.92 Å². The fourth-order valence-corrected chi connectivity index (χ4v) is 4.76. The summed E-state index contributed by atoms with van der Waals surface area (Å²) in [4.78, 5) is 0. The largest absolute Gasteiger partial charge is 0.395 e. The zero-order valence-corrected chi connectivity index (χ0v) is 11.5. The lowest BCUT2D eigenvalue weighted by Crippen LogP contribution is -2.45. The monoisotopic (exact) mass is 234 g/mol. The molecule has 15 heavy (non-hydrogen) atoms. The molecule has 0 aliphatic carbocycles. The Morgan fingerprint density at radius 3 is 1.93 bits per heavy atom. The molecule has 2 atom stereocenters. The van der Waals surface area contributed by atoms with E-state index in [1.807, 2.05) is 20.8 Å². The molecule has 0 saturated carbocycles. The van der Waals surface area contributed by atoms with Gasteiger partial charge in [-0.2, -0.15) is 0 Å². The third-order valence-corrected chi connectivity index (χ3v) is 5.64. The number of nitrogens with two attached hydrogens (primary N) is 2. The molecule has 0 saturated heterocycles. The maximum absolute atomic E-state index is 5.88. The van der Waals surface area contributed by atoms with Crippen LogP contribution in [0.2, 0.25) is 12.6 Å².